The molecule has 1 unspecified atom stereocenters. The Kier molecular flexibility index (Phi) is 4.33. The van der Waals surface area contributed by atoms with Crippen LogP contribution < -0.4 is 10.2 Å². The van der Waals surface area contributed by atoms with E-state index in [2.05, 4.69) is 38.9 Å². The number of nitrogens with one attached hydrogen (secondary N) is 1. The van der Waals surface area contributed by atoms with Crippen molar-refractivity contribution in [2.45, 2.75) is 6.42 Å². The first-order valence-electron chi connectivity index (χ1n) is 5.55. The van der Waals surface area contributed by atoms with E-state index in [1.165, 1.54) is 15.7 Å². The van der Waals surface area contributed by atoms with E-state index < -0.39 is 0 Å². The second kappa shape index (κ2) is 5.56. The van der Waals surface area contributed by atoms with Crippen molar-refractivity contribution in [1.82, 2.24) is 5.32 Å². The Labute approximate surface area is 115 Å². The quantitative estimate of drug-likeness (QED) is 0.843. The minimum atomic E-state index is 0.775. The molecule has 1 fully saturated rings. The van der Waals surface area contributed by atoms with E-state index in [9.17, 15) is 0 Å². The third-order valence-corrected chi connectivity index (χ3v) is 4.13. The van der Waals surface area contributed by atoms with E-state index in [4.69, 9.17) is 11.6 Å². The summed E-state index contributed by atoms with van der Waals surface area (Å²) in [5, 5.41) is 4.07. The zero-order chi connectivity index (χ0) is 11.5. The number of hydrogen-bond acceptors (Lipinski definition) is 2. The van der Waals surface area contributed by atoms with Crippen molar-refractivity contribution in [3.8, 4) is 0 Å². The van der Waals surface area contributed by atoms with Gasteiger partial charge in [-0.3, -0.25) is 0 Å². The molecule has 2 rings (SSSR count). The Bertz CT molecular complexity index is 370. The van der Waals surface area contributed by atoms with E-state index in [0.29, 0.717) is 0 Å². The van der Waals surface area contributed by atoms with Crippen LogP contribution in [-0.2, 0) is 0 Å². The monoisotopic (exact) mass is 350 g/mol. The molecule has 1 atom stereocenters. The SMILES string of the molecule is CNCC1CCN(c2ccc(Cl)cc2I)C1. The smallest absolute Gasteiger partial charge is 0.0503 e. The first kappa shape index (κ1) is 12.5. The molecular weight excluding hydrogens is 335 g/mol. The number of hydrogen-bond donors (Lipinski definition) is 1. The summed E-state index contributed by atoms with van der Waals surface area (Å²) in [6.07, 6.45) is 1.28. The minimum Gasteiger partial charge on any atom is -0.370 e. The van der Waals surface area contributed by atoms with Crippen molar-refractivity contribution < 1.29 is 0 Å². The highest BCUT2D eigenvalue weighted by Gasteiger charge is 2.23. The lowest BCUT2D eigenvalue weighted by molar-refractivity contribution is 0.549. The molecule has 0 spiro atoms. The Morgan fingerprint density at radius 2 is 2.38 bits per heavy atom. The van der Waals surface area contributed by atoms with Crippen molar-refractivity contribution in [2.75, 3.05) is 31.6 Å². The third-order valence-electron chi connectivity index (χ3n) is 3.03. The summed E-state index contributed by atoms with van der Waals surface area (Å²) >= 11 is 8.33. The first-order valence-corrected chi connectivity index (χ1v) is 7.01. The molecule has 1 aromatic carbocycles. The molecule has 0 saturated carbocycles. The molecule has 1 aromatic rings. The molecule has 0 radical (unpaired) electrons. The summed E-state index contributed by atoms with van der Waals surface area (Å²) < 4.78 is 1.25. The fourth-order valence-electron chi connectivity index (χ4n) is 2.24. The zero-order valence-electron chi connectivity index (χ0n) is 9.34. The first-order chi connectivity index (χ1) is 7.70. The lowest BCUT2D eigenvalue weighted by Gasteiger charge is -2.20. The molecule has 0 aliphatic carbocycles. The summed E-state index contributed by atoms with van der Waals surface area (Å²) in [4.78, 5) is 2.46. The fourth-order valence-corrected chi connectivity index (χ4v) is 3.46. The summed E-state index contributed by atoms with van der Waals surface area (Å²) in [7, 11) is 2.02. The summed E-state index contributed by atoms with van der Waals surface area (Å²) in [6.45, 7) is 3.42. The highest BCUT2D eigenvalue weighted by atomic mass is 127. The van der Waals surface area contributed by atoms with Gasteiger partial charge in [0.25, 0.3) is 0 Å². The molecule has 1 saturated heterocycles. The van der Waals surface area contributed by atoms with Crippen LogP contribution in [0.5, 0.6) is 0 Å². The van der Waals surface area contributed by atoms with Gasteiger partial charge in [0.15, 0.2) is 0 Å². The highest BCUT2D eigenvalue weighted by molar-refractivity contribution is 14.1. The Hall–Kier alpha value is -0.000000000000000111. The molecule has 0 aromatic heterocycles. The van der Waals surface area contributed by atoms with Gasteiger partial charge in [0, 0.05) is 21.7 Å². The summed E-state index contributed by atoms with van der Waals surface area (Å²) in [5.41, 5.74) is 1.32. The van der Waals surface area contributed by atoms with Crippen molar-refractivity contribution in [3.05, 3.63) is 26.8 Å². The standard InChI is InChI=1S/C12H16ClIN2/c1-15-7-9-4-5-16(8-9)12-3-2-10(13)6-11(12)14/h2-3,6,9,15H,4-5,7-8H2,1H3. The lowest BCUT2D eigenvalue weighted by atomic mass is 10.1. The number of halogens is 2. The van der Waals surface area contributed by atoms with Crippen LogP contribution in [0.4, 0.5) is 5.69 Å². The van der Waals surface area contributed by atoms with Crippen molar-refractivity contribution >= 4 is 39.9 Å². The van der Waals surface area contributed by atoms with Crippen molar-refractivity contribution in [2.24, 2.45) is 5.92 Å². The van der Waals surface area contributed by atoms with Gasteiger partial charge in [0.1, 0.15) is 0 Å². The van der Waals surface area contributed by atoms with Crippen LogP contribution in [0.2, 0.25) is 5.02 Å². The maximum absolute atomic E-state index is 5.97. The number of nitrogens with zero attached hydrogens (tertiary/aromatic N) is 1. The molecule has 1 aliphatic rings. The van der Waals surface area contributed by atoms with Gasteiger partial charge in [0.2, 0.25) is 0 Å². The van der Waals surface area contributed by atoms with E-state index in [0.717, 1.165) is 30.6 Å². The summed E-state index contributed by atoms with van der Waals surface area (Å²) in [5.74, 6) is 0.775. The van der Waals surface area contributed by atoms with Gasteiger partial charge in [-0.1, -0.05) is 11.6 Å². The Balaban J connectivity index is 2.08. The van der Waals surface area contributed by atoms with Gasteiger partial charge in [-0.05, 0) is 66.7 Å². The van der Waals surface area contributed by atoms with Crippen LogP contribution in [0.25, 0.3) is 0 Å². The number of rotatable bonds is 3. The molecule has 0 bridgehead atoms. The Morgan fingerprint density at radius 3 is 3.06 bits per heavy atom. The molecule has 1 aliphatic heterocycles. The van der Waals surface area contributed by atoms with Gasteiger partial charge in [0.05, 0.1) is 5.69 Å². The van der Waals surface area contributed by atoms with Crippen LogP contribution in [0.1, 0.15) is 6.42 Å². The van der Waals surface area contributed by atoms with Crippen LogP contribution in [0.15, 0.2) is 18.2 Å². The Morgan fingerprint density at radius 1 is 1.56 bits per heavy atom. The predicted molar refractivity (Wildman–Crippen MR) is 78.4 cm³/mol. The van der Waals surface area contributed by atoms with Gasteiger partial charge >= 0.3 is 0 Å². The topological polar surface area (TPSA) is 15.3 Å². The molecule has 1 N–H and O–H groups in total. The van der Waals surface area contributed by atoms with E-state index in [-0.39, 0.29) is 0 Å². The van der Waals surface area contributed by atoms with Crippen LogP contribution in [0.3, 0.4) is 0 Å². The number of anilines is 1. The van der Waals surface area contributed by atoms with Crippen molar-refractivity contribution in [1.29, 1.82) is 0 Å². The zero-order valence-corrected chi connectivity index (χ0v) is 12.3. The molecule has 4 heteroatoms. The molecule has 16 heavy (non-hydrogen) atoms. The fraction of sp³-hybridized carbons (Fsp3) is 0.500. The normalized spacial score (nSPS) is 20.4. The van der Waals surface area contributed by atoms with Crippen molar-refractivity contribution in [3.63, 3.8) is 0 Å². The maximum Gasteiger partial charge on any atom is 0.0503 e. The van der Waals surface area contributed by atoms with Crippen LogP contribution in [0, 0.1) is 9.49 Å². The number of benzene rings is 1. The molecule has 2 nitrogen and oxygen atoms in total. The third kappa shape index (κ3) is 2.81. The molecule has 1 heterocycles. The predicted octanol–water partition coefficient (Wildman–Crippen LogP) is 2.99. The highest BCUT2D eigenvalue weighted by Crippen LogP contribution is 2.29. The molecular formula is C12H16ClIN2. The molecule has 0 amide bonds. The minimum absolute atomic E-state index is 0.775. The van der Waals surface area contributed by atoms with Gasteiger partial charge in [-0.15, -0.1) is 0 Å². The van der Waals surface area contributed by atoms with Gasteiger partial charge in [-0.2, -0.15) is 0 Å². The van der Waals surface area contributed by atoms with E-state index in [1.54, 1.807) is 0 Å². The van der Waals surface area contributed by atoms with Crippen LogP contribution in [-0.4, -0.2) is 26.7 Å². The lowest BCUT2D eigenvalue weighted by Crippen LogP contribution is -2.24. The largest absolute Gasteiger partial charge is 0.370 e. The van der Waals surface area contributed by atoms with E-state index in [1.807, 2.05) is 19.2 Å². The molecule has 88 valence electrons. The van der Waals surface area contributed by atoms with E-state index >= 15 is 0 Å². The van der Waals surface area contributed by atoms with Gasteiger partial charge in [-0.25, -0.2) is 0 Å². The second-order valence-electron chi connectivity index (χ2n) is 4.25. The average Bonchev–Trinajstić information content (AvgIpc) is 2.67. The second-order valence-corrected chi connectivity index (χ2v) is 5.85. The average molecular weight is 351 g/mol. The maximum atomic E-state index is 5.97. The summed E-state index contributed by atoms with van der Waals surface area (Å²) in [6, 6.07) is 6.14. The van der Waals surface area contributed by atoms with Gasteiger partial charge < -0.3 is 10.2 Å². The van der Waals surface area contributed by atoms with Crippen LogP contribution >= 0.6 is 34.2 Å².